The van der Waals surface area contributed by atoms with Crippen LogP contribution in [0.4, 0.5) is 5.69 Å². The Bertz CT molecular complexity index is 2030. The normalized spacial score (nSPS) is 31.2. The van der Waals surface area contributed by atoms with Crippen molar-refractivity contribution in [2.45, 2.75) is 69.0 Å². The Kier molecular flexibility index (Phi) is 9.97. The molecular weight excluding hydrogens is 718 g/mol. The van der Waals surface area contributed by atoms with Crippen molar-refractivity contribution in [1.29, 1.82) is 0 Å². The SMILES string of the molecule is COc1nn(C)cc1C(=O)NS1(=O)=NC(=O)c2ccc3c(c2)N(C[C@@H]2CC[C@H]2[C@@H](OC)C[C@H]2CCO[C@@H]2CC1)C[C@@]1(CCCc2cc(Cl)ccc21)CO3. The van der Waals surface area contributed by atoms with Crippen LogP contribution in [0, 0.1) is 17.8 Å². The number of fused-ring (bicyclic) bond motifs is 5. The van der Waals surface area contributed by atoms with Gasteiger partial charge in [-0.1, -0.05) is 17.7 Å². The molecule has 1 N–H and O–H groups in total. The highest BCUT2D eigenvalue weighted by atomic mass is 35.5. The highest BCUT2D eigenvalue weighted by Gasteiger charge is 2.45. The van der Waals surface area contributed by atoms with Gasteiger partial charge in [0.2, 0.25) is 5.88 Å². The standard InChI is InChI=1S/C39H48ClN5O7S/c1-44-21-30(38(41-44)50-3)37(47)43-53(48)16-13-33-25(12-15-51-33)19-35(49-2)29-9-6-27(29)20-45-22-39(14-4-5-24-17-28(40)8-10-31(24)39)23-52-34-11-7-26(18-32(34)45)36(46)42-53/h7-8,10-11,17-18,21,25,27,29,33,35H,4-6,9,12-16,19-20,22-23H2,1-3H3,(H,42,43,46,47,48)/t25-,27+,29-,33-,35+,39+,53?/m1/s1. The second kappa shape index (κ2) is 14.5. The van der Waals surface area contributed by atoms with Crippen molar-refractivity contribution < 1.29 is 32.7 Å². The van der Waals surface area contributed by atoms with Crippen molar-refractivity contribution in [2.75, 3.05) is 51.2 Å². The van der Waals surface area contributed by atoms with Crippen LogP contribution >= 0.6 is 11.6 Å². The highest BCUT2D eigenvalue weighted by molar-refractivity contribution is 7.92. The fourth-order valence-electron chi connectivity index (χ4n) is 9.42. The highest BCUT2D eigenvalue weighted by Crippen LogP contribution is 2.48. The quantitative estimate of drug-likeness (QED) is 0.353. The van der Waals surface area contributed by atoms with Crippen molar-refractivity contribution >= 4 is 39.0 Å². The second-order valence-electron chi connectivity index (χ2n) is 15.4. The minimum absolute atomic E-state index is 0.0461. The van der Waals surface area contributed by atoms with E-state index in [9.17, 15) is 13.8 Å². The average molecular weight is 766 g/mol. The number of benzene rings is 2. The molecule has 1 unspecified atom stereocenters. The van der Waals surface area contributed by atoms with Gasteiger partial charge in [0.1, 0.15) is 21.2 Å². The molecule has 284 valence electrons. The van der Waals surface area contributed by atoms with E-state index < -0.39 is 21.7 Å². The minimum atomic E-state index is -3.63. The van der Waals surface area contributed by atoms with Crippen LogP contribution in [0.25, 0.3) is 0 Å². The molecule has 8 rings (SSSR count). The van der Waals surface area contributed by atoms with Crippen molar-refractivity contribution in [1.82, 2.24) is 14.5 Å². The van der Waals surface area contributed by atoms with Gasteiger partial charge in [-0.3, -0.25) is 19.0 Å². The van der Waals surface area contributed by atoms with Crippen LogP contribution in [0.15, 0.2) is 47.0 Å². The molecule has 2 aromatic carbocycles. The van der Waals surface area contributed by atoms with Gasteiger partial charge in [-0.05, 0) is 111 Å². The Morgan fingerprint density at radius 1 is 1.11 bits per heavy atom. The van der Waals surface area contributed by atoms with Gasteiger partial charge in [-0.25, -0.2) is 4.21 Å². The minimum Gasteiger partial charge on any atom is -0.490 e. The van der Waals surface area contributed by atoms with E-state index in [1.807, 2.05) is 25.3 Å². The van der Waals surface area contributed by atoms with Crippen molar-refractivity contribution in [3.63, 3.8) is 0 Å². The summed E-state index contributed by atoms with van der Waals surface area (Å²) in [5.74, 6) is 0.297. The molecule has 4 heterocycles. The third-order valence-electron chi connectivity index (χ3n) is 12.3. The molecule has 3 aliphatic heterocycles. The van der Waals surface area contributed by atoms with E-state index in [2.05, 4.69) is 31.2 Å². The van der Waals surface area contributed by atoms with Crippen LogP contribution in [0.1, 0.15) is 76.8 Å². The molecule has 1 aromatic heterocycles. The second-order valence-corrected chi connectivity index (χ2v) is 18.0. The number of anilines is 1. The number of hydrogen-bond acceptors (Lipinski definition) is 9. The summed E-state index contributed by atoms with van der Waals surface area (Å²) >= 11 is 6.48. The number of aromatic nitrogens is 2. The van der Waals surface area contributed by atoms with Crippen LogP contribution in [0.5, 0.6) is 11.6 Å². The molecule has 1 saturated heterocycles. The van der Waals surface area contributed by atoms with Crippen molar-refractivity contribution in [3.05, 3.63) is 69.9 Å². The lowest BCUT2D eigenvalue weighted by molar-refractivity contribution is -0.0364. The maximum Gasteiger partial charge on any atom is 0.286 e. The largest absolute Gasteiger partial charge is 0.490 e. The first-order valence-electron chi connectivity index (χ1n) is 18.7. The van der Waals surface area contributed by atoms with Crippen molar-refractivity contribution in [2.24, 2.45) is 29.2 Å². The summed E-state index contributed by atoms with van der Waals surface area (Å²) < 4.78 is 47.5. The van der Waals surface area contributed by atoms with Gasteiger partial charge in [0.25, 0.3) is 11.8 Å². The number of carbonyl (C=O) groups excluding carboxylic acids is 2. The number of nitrogens with zero attached hydrogens (tertiary/aromatic N) is 4. The first-order valence-corrected chi connectivity index (χ1v) is 20.8. The molecule has 2 fully saturated rings. The van der Waals surface area contributed by atoms with Gasteiger partial charge in [0.15, 0.2) is 0 Å². The van der Waals surface area contributed by atoms with E-state index in [1.54, 1.807) is 13.1 Å². The number of nitrogens with one attached hydrogen (secondary N) is 1. The number of amides is 2. The topological polar surface area (TPSA) is 134 Å². The Hall–Kier alpha value is -3.65. The fraction of sp³-hybridized carbons (Fsp3) is 0.564. The average Bonchev–Trinajstić information content (AvgIpc) is 3.71. The molecule has 1 spiro atoms. The van der Waals surface area contributed by atoms with E-state index in [4.69, 9.17) is 30.5 Å². The van der Waals surface area contributed by atoms with Gasteiger partial charge in [-0.15, -0.1) is 9.46 Å². The number of halogens is 1. The van der Waals surface area contributed by atoms with E-state index in [0.717, 1.165) is 62.2 Å². The Labute approximate surface area is 316 Å². The van der Waals surface area contributed by atoms with Crippen LogP contribution in [-0.2, 0) is 38.3 Å². The van der Waals surface area contributed by atoms with E-state index in [1.165, 1.54) is 29.1 Å². The lowest BCUT2D eigenvalue weighted by atomic mass is 9.67. The summed E-state index contributed by atoms with van der Waals surface area (Å²) in [6, 6.07) is 11.6. The van der Waals surface area contributed by atoms with E-state index in [0.29, 0.717) is 43.8 Å². The molecule has 3 aromatic rings. The lowest BCUT2D eigenvalue weighted by Gasteiger charge is -2.46. The van der Waals surface area contributed by atoms with Gasteiger partial charge in [-0.2, -0.15) is 0 Å². The third kappa shape index (κ3) is 7.05. The molecule has 1 saturated carbocycles. The molecule has 7 atom stereocenters. The lowest BCUT2D eigenvalue weighted by Crippen LogP contribution is -2.50. The first-order chi connectivity index (χ1) is 25.6. The maximum absolute atomic E-state index is 14.7. The van der Waals surface area contributed by atoms with Crippen molar-refractivity contribution in [3.8, 4) is 11.6 Å². The van der Waals surface area contributed by atoms with Crippen LogP contribution < -0.4 is 19.1 Å². The monoisotopic (exact) mass is 765 g/mol. The Morgan fingerprint density at radius 2 is 1.98 bits per heavy atom. The zero-order valence-corrected chi connectivity index (χ0v) is 32.1. The smallest absolute Gasteiger partial charge is 0.286 e. The summed E-state index contributed by atoms with van der Waals surface area (Å²) in [6.07, 6.45) is 8.51. The maximum atomic E-state index is 14.7. The molecule has 12 nitrogen and oxygen atoms in total. The summed E-state index contributed by atoms with van der Waals surface area (Å²) in [6.45, 7) is 2.58. The zero-order valence-electron chi connectivity index (χ0n) is 30.6. The fourth-order valence-corrected chi connectivity index (χ4v) is 11.2. The number of rotatable bonds is 4. The number of methoxy groups -OCH3 is 2. The van der Waals surface area contributed by atoms with Crippen LogP contribution in [0.2, 0.25) is 5.02 Å². The summed E-state index contributed by atoms with van der Waals surface area (Å²) in [7, 11) is 1.25. The molecule has 53 heavy (non-hydrogen) atoms. The molecule has 0 radical (unpaired) electrons. The Morgan fingerprint density at radius 3 is 2.77 bits per heavy atom. The zero-order chi connectivity index (χ0) is 36.9. The molecule has 2 aliphatic carbocycles. The molecule has 2 amide bonds. The van der Waals surface area contributed by atoms with E-state index >= 15 is 0 Å². The van der Waals surface area contributed by atoms with Gasteiger partial charge < -0.3 is 23.8 Å². The van der Waals surface area contributed by atoms with Gasteiger partial charge >= 0.3 is 0 Å². The predicted octanol–water partition coefficient (Wildman–Crippen LogP) is 5.75. The first kappa shape index (κ1) is 36.3. The molecule has 2 bridgehead atoms. The third-order valence-corrected chi connectivity index (χ3v) is 14.3. The number of ether oxygens (including phenoxy) is 4. The molecule has 5 aliphatic rings. The van der Waals surface area contributed by atoms with Gasteiger partial charge in [0.05, 0.1) is 37.4 Å². The van der Waals surface area contributed by atoms with Crippen LogP contribution in [-0.4, -0.2) is 84.3 Å². The number of aryl methyl sites for hydroxylation is 2. The summed E-state index contributed by atoms with van der Waals surface area (Å²) in [5.41, 5.74) is 3.44. The Balaban J connectivity index is 1.20. The summed E-state index contributed by atoms with van der Waals surface area (Å²) in [5, 5.41) is 4.90. The van der Waals surface area contributed by atoms with Gasteiger partial charge in [0, 0.05) is 56.1 Å². The molecule has 14 heteroatoms. The van der Waals surface area contributed by atoms with E-state index in [-0.39, 0.29) is 46.3 Å². The van der Waals surface area contributed by atoms with Crippen LogP contribution in [0.3, 0.4) is 0 Å². The predicted molar refractivity (Wildman–Crippen MR) is 201 cm³/mol. The number of hydrogen-bond donors (Lipinski definition) is 1. The molecular formula is C39H48ClN5O7S. The number of carbonyl (C=O) groups is 2. The summed E-state index contributed by atoms with van der Waals surface area (Å²) in [4.78, 5) is 30.1.